The molecule has 1 aromatic heterocycles. The maximum atomic E-state index is 12.7. The lowest BCUT2D eigenvalue weighted by Crippen LogP contribution is -2.49. The molecule has 6 heteroatoms. The number of amides is 1. The van der Waals surface area contributed by atoms with E-state index in [1.165, 1.54) is 38.5 Å². The van der Waals surface area contributed by atoms with E-state index in [4.69, 9.17) is 0 Å². The fourth-order valence-corrected chi connectivity index (χ4v) is 3.72. The summed E-state index contributed by atoms with van der Waals surface area (Å²) in [5, 5.41) is 13.7. The van der Waals surface area contributed by atoms with Gasteiger partial charge < -0.3 is 4.90 Å². The first-order valence-corrected chi connectivity index (χ1v) is 7.92. The van der Waals surface area contributed by atoms with Crippen LogP contribution in [0.4, 0.5) is 0 Å². The van der Waals surface area contributed by atoms with Crippen LogP contribution in [0.3, 0.4) is 0 Å². The average molecular weight is 277 g/mol. The van der Waals surface area contributed by atoms with Crippen molar-refractivity contribution >= 4 is 5.91 Å². The lowest BCUT2D eigenvalue weighted by molar-refractivity contribution is 0.0436. The highest BCUT2D eigenvalue weighted by Gasteiger charge is 2.34. The van der Waals surface area contributed by atoms with Crippen molar-refractivity contribution in [2.75, 3.05) is 0 Å². The standard InChI is InChI=1S/C14H23N5O/c20-14(13-15-17-18-16-13)19(11-7-3-1-4-8-11)12-9-5-2-6-10-12/h11-12H,1-10H2,(H,15,16,17,18). The summed E-state index contributed by atoms with van der Waals surface area (Å²) in [4.78, 5) is 14.8. The number of nitrogens with zero attached hydrogens (tertiary/aromatic N) is 4. The minimum absolute atomic E-state index is 0.0300. The summed E-state index contributed by atoms with van der Waals surface area (Å²) in [6, 6.07) is 0.746. The molecule has 1 amide bonds. The number of hydrogen-bond acceptors (Lipinski definition) is 4. The summed E-state index contributed by atoms with van der Waals surface area (Å²) >= 11 is 0. The Morgan fingerprint density at radius 1 is 0.950 bits per heavy atom. The maximum absolute atomic E-state index is 12.7. The van der Waals surface area contributed by atoms with Gasteiger partial charge in [0.15, 0.2) is 0 Å². The Kier molecular flexibility index (Phi) is 4.28. The van der Waals surface area contributed by atoms with Gasteiger partial charge in [-0.15, -0.1) is 10.2 Å². The van der Waals surface area contributed by atoms with Crippen LogP contribution in [0.1, 0.15) is 74.8 Å². The van der Waals surface area contributed by atoms with E-state index in [0.29, 0.717) is 12.1 Å². The number of hydrogen-bond donors (Lipinski definition) is 1. The van der Waals surface area contributed by atoms with Gasteiger partial charge in [0.2, 0.25) is 0 Å². The van der Waals surface area contributed by atoms with Crippen LogP contribution in [0.15, 0.2) is 0 Å². The van der Waals surface area contributed by atoms with Crippen molar-refractivity contribution < 1.29 is 4.79 Å². The van der Waals surface area contributed by atoms with E-state index in [1.807, 2.05) is 0 Å². The number of carbonyl (C=O) groups excluding carboxylic acids is 1. The lowest BCUT2D eigenvalue weighted by Gasteiger charge is -2.41. The molecule has 0 radical (unpaired) electrons. The van der Waals surface area contributed by atoms with Crippen molar-refractivity contribution in [2.45, 2.75) is 76.3 Å². The molecule has 0 aromatic carbocycles. The van der Waals surface area contributed by atoms with E-state index < -0.39 is 0 Å². The van der Waals surface area contributed by atoms with E-state index in [1.54, 1.807) is 0 Å². The van der Waals surface area contributed by atoms with Crippen LogP contribution in [-0.4, -0.2) is 43.5 Å². The highest BCUT2D eigenvalue weighted by molar-refractivity contribution is 5.90. The first-order valence-electron chi connectivity index (χ1n) is 7.92. The molecule has 20 heavy (non-hydrogen) atoms. The maximum Gasteiger partial charge on any atom is 0.295 e. The fraction of sp³-hybridized carbons (Fsp3) is 0.857. The van der Waals surface area contributed by atoms with Gasteiger partial charge in [-0.25, -0.2) is 0 Å². The highest BCUT2D eigenvalue weighted by Crippen LogP contribution is 2.30. The van der Waals surface area contributed by atoms with Gasteiger partial charge in [0.25, 0.3) is 11.7 Å². The summed E-state index contributed by atoms with van der Waals surface area (Å²) in [6.07, 6.45) is 12.0. The third-order valence-electron chi connectivity index (χ3n) is 4.71. The quantitative estimate of drug-likeness (QED) is 0.920. The fourth-order valence-electron chi connectivity index (χ4n) is 3.72. The second-order valence-electron chi connectivity index (χ2n) is 6.03. The predicted octanol–water partition coefficient (Wildman–Crippen LogP) is 2.31. The van der Waals surface area contributed by atoms with Crippen LogP contribution >= 0.6 is 0 Å². The van der Waals surface area contributed by atoms with E-state index in [-0.39, 0.29) is 11.7 Å². The van der Waals surface area contributed by atoms with Crippen LogP contribution in [-0.2, 0) is 0 Å². The van der Waals surface area contributed by atoms with Gasteiger partial charge in [-0.2, -0.15) is 5.21 Å². The molecule has 0 saturated heterocycles. The highest BCUT2D eigenvalue weighted by atomic mass is 16.2. The Labute approximate surface area is 119 Å². The van der Waals surface area contributed by atoms with Crippen LogP contribution in [0, 0.1) is 0 Å². The van der Waals surface area contributed by atoms with Crippen molar-refractivity contribution in [3.63, 3.8) is 0 Å². The minimum Gasteiger partial charge on any atom is -0.330 e. The molecular formula is C14H23N5O. The normalized spacial score (nSPS) is 21.8. The number of carbonyl (C=O) groups is 1. The van der Waals surface area contributed by atoms with Crippen LogP contribution in [0.2, 0.25) is 0 Å². The van der Waals surface area contributed by atoms with Crippen molar-refractivity contribution in [3.8, 4) is 0 Å². The zero-order valence-corrected chi connectivity index (χ0v) is 11.9. The Morgan fingerprint density at radius 3 is 1.95 bits per heavy atom. The summed E-state index contributed by atoms with van der Waals surface area (Å²) in [7, 11) is 0. The molecule has 1 heterocycles. The van der Waals surface area contributed by atoms with Gasteiger partial charge in [-0.1, -0.05) is 38.5 Å². The molecule has 0 bridgehead atoms. The Bertz CT molecular complexity index is 403. The molecule has 6 nitrogen and oxygen atoms in total. The number of aromatic amines is 1. The summed E-state index contributed by atoms with van der Waals surface area (Å²) < 4.78 is 0. The van der Waals surface area contributed by atoms with Gasteiger partial charge in [0.05, 0.1) is 0 Å². The average Bonchev–Trinajstić information content (AvgIpc) is 3.04. The molecule has 2 saturated carbocycles. The van der Waals surface area contributed by atoms with Gasteiger partial charge in [0.1, 0.15) is 0 Å². The molecule has 1 aromatic rings. The summed E-state index contributed by atoms with van der Waals surface area (Å²) in [5.74, 6) is 0.193. The first-order chi connectivity index (χ1) is 9.86. The Hall–Kier alpha value is -1.46. The zero-order chi connectivity index (χ0) is 13.8. The molecule has 1 N–H and O–H groups in total. The predicted molar refractivity (Wildman–Crippen MR) is 74.1 cm³/mol. The number of rotatable bonds is 3. The molecule has 0 atom stereocenters. The topological polar surface area (TPSA) is 74.8 Å². The van der Waals surface area contributed by atoms with E-state index in [0.717, 1.165) is 25.7 Å². The minimum atomic E-state index is -0.0300. The van der Waals surface area contributed by atoms with Gasteiger partial charge in [-0.05, 0) is 30.9 Å². The molecule has 0 unspecified atom stereocenters. The SMILES string of the molecule is O=C(c1nn[nH]n1)N(C1CCCCC1)C1CCCCC1. The van der Waals surface area contributed by atoms with Crippen LogP contribution in [0.25, 0.3) is 0 Å². The lowest BCUT2D eigenvalue weighted by atomic mass is 9.88. The number of H-pyrrole nitrogens is 1. The Balaban J connectivity index is 1.79. The molecule has 2 aliphatic rings. The van der Waals surface area contributed by atoms with Crippen molar-refractivity contribution in [1.29, 1.82) is 0 Å². The first kappa shape index (κ1) is 13.5. The second-order valence-corrected chi connectivity index (χ2v) is 6.03. The molecule has 3 rings (SSSR count). The molecule has 110 valence electrons. The van der Waals surface area contributed by atoms with Crippen molar-refractivity contribution in [2.24, 2.45) is 0 Å². The van der Waals surface area contributed by atoms with Gasteiger partial charge in [-0.3, -0.25) is 4.79 Å². The van der Waals surface area contributed by atoms with Crippen molar-refractivity contribution in [3.05, 3.63) is 5.82 Å². The van der Waals surface area contributed by atoms with E-state index in [2.05, 4.69) is 25.5 Å². The molecular weight excluding hydrogens is 254 g/mol. The molecule has 2 aliphatic carbocycles. The molecule has 0 aliphatic heterocycles. The number of tetrazole rings is 1. The van der Waals surface area contributed by atoms with Gasteiger partial charge in [0, 0.05) is 12.1 Å². The molecule has 0 spiro atoms. The van der Waals surface area contributed by atoms with Crippen molar-refractivity contribution in [1.82, 2.24) is 25.5 Å². The number of nitrogens with one attached hydrogen (secondary N) is 1. The summed E-state index contributed by atoms with van der Waals surface area (Å²) in [5.41, 5.74) is 0. The third-order valence-corrected chi connectivity index (χ3v) is 4.71. The smallest absolute Gasteiger partial charge is 0.295 e. The van der Waals surface area contributed by atoms with Crippen LogP contribution in [0.5, 0.6) is 0 Å². The van der Waals surface area contributed by atoms with E-state index in [9.17, 15) is 4.79 Å². The monoisotopic (exact) mass is 277 g/mol. The largest absolute Gasteiger partial charge is 0.330 e. The van der Waals surface area contributed by atoms with E-state index >= 15 is 0 Å². The summed E-state index contributed by atoms with van der Waals surface area (Å²) in [6.45, 7) is 0. The van der Waals surface area contributed by atoms with Crippen LogP contribution < -0.4 is 0 Å². The number of aromatic nitrogens is 4. The zero-order valence-electron chi connectivity index (χ0n) is 11.9. The van der Waals surface area contributed by atoms with Gasteiger partial charge >= 0.3 is 0 Å². The Morgan fingerprint density at radius 2 is 1.50 bits per heavy atom. The third kappa shape index (κ3) is 2.83. The second kappa shape index (κ2) is 6.33. The molecule has 2 fully saturated rings.